The monoisotopic (exact) mass is 374 g/mol. The molecule has 0 atom stereocenters. The van der Waals surface area contributed by atoms with Crippen molar-refractivity contribution >= 4 is 5.91 Å². The van der Waals surface area contributed by atoms with Gasteiger partial charge in [0.2, 0.25) is 5.91 Å². The molecule has 2 rings (SSSR count). The first-order valence-electron chi connectivity index (χ1n) is 8.59. The molecule has 0 radical (unpaired) electrons. The van der Waals surface area contributed by atoms with Crippen molar-refractivity contribution in [3.63, 3.8) is 0 Å². The Morgan fingerprint density at radius 2 is 2.04 bits per heavy atom. The maximum atomic E-state index is 13.1. The second kappa shape index (κ2) is 9.34. The molecule has 8 heteroatoms. The van der Waals surface area contributed by atoms with Crippen LogP contribution in [0, 0.1) is 0 Å². The largest absolute Gasteiger partial charge is 0.416 e. The van der Waals surface area contributed by atoms with Crippen LogP contribution in [0.5, 0.6) is 0 Å². The molecule has 146 valence electrons. The van der Waals surface area contributed by atoms with Gasteiger partial charge in [-0.05, 0) is 24.5 Å². The van der Waals surface area contributed by atoms with E-state index >= 15 is 0 Å². The van der Waals surface area contributed by atoms with Gasteiger partial charge in [-0.25, -0.2) is 0 Å². The standard InChI is InChI=1S/C18H25F3N2O3/c1-25-10-7-22-12-16(24)23-13-17(5-8-26-9-6-17)14-3-2-4-15(11-14)18(19,20)21/h2-4,11,22H,5-10,12-13H2,1H3,(H,23,24). The highest BCUT2D eigenvalue weighted by atomic mass is 19.4. The SMILES string of the molecule is COCCNCC(=O)NCC1(c2cccc(C(F)(F)F)c2)CCOCC1. The summed E-state index contributed by atoms with van der Waals surface area (Å²) in [4.78, 5) is 12.0. The van der Waals surface area contributed by atoms with E-state index in [0.29, 0.717) is 44.8 Å². The number of carbonyl (C=O) groups excluding carboxylic acids is 1. The molecule has 0 bridgehead atoms. The number of ether oxygens (including phenoxy) is 2. The summed E-state index contributed by atoms with van der Waals surface area (Å²) < 4.78 is 49.5. The number of hydrogen-bond donors (Lipinski definition) is 2. The summed E-state index contributed by atoms with van der Waals surface area (Å²) >= 11 is 0. The van der Waals surface area contributed by atoms with E-state index < -0.39 is 17.2 Å². The van der Waals surface area contributed by atoms with Crippen molar-refractivity contribution in [2.75, 3.05) is 46.6 Å². The van der Waals surface area contributed by atoms with Crippen molar-refractivity contribution in [2.45, 2.75) is 24.4 Å². The summed E-state index contributed by atoms with van der Waals surface area (Å²) in [6, 6.07) is 5.37. The van der Waals surface area contributed by atoms with Gasteiger partial charge >= 0.3 is 6.18 Å². The third-order valence-corrected chi connectivity index (χ3v) is 4.64. The van der Waals surface area contributed by atoms with Gasteiger partial charge in [0.1, 0.15) is 0 Å². The quantitative estimate of drug-likeness (QED) is 0.685. The molecule has 1 aliphatic heterocycles. The molecular formula is C18H25F3N2O3. The molecule has 0 spiro atoms. The maximum absolute atomic E-state index is 13.1. The Labute approximate surface area is 151 Å². The van der Waals surface area contributed by atoms with Crippen LogP contribution in [0.3, 0.4) is 0 Å². The van der Waals surface area contributed by atoms with Crippen LogP contribution < -0.4 is 10.6 Å². The fraction of sp³-hybridized carbons (Fsp3) is 0.611. The Kier molecular flexibility index (Phi) is 7.43. The highest BCUT2D eigenvalue weighted by molar-refractivity contribution is 5.78. The fourth-order valence-corrected chi connectivity index (χ4v) is 3.06. The van der Waals surface area contributed by atoms with Gasteiger partial charge in [-0.2, -0.15) is 13.2 Å². The Hall–Kier alpha value is -1.64. The van der Waals surface area contributed by atoms with Gasteiger partial charge in [0.05, 0.1) is 18.7 Å². The Morgan fingerprint density at radius 1 is 1.31 bits per heavy atom. The van der Waals surface area contributed by atoms with E-state index in [2.05, 4.69) is 10.6 Å². The first-order chi connectivity index (χ1) is 12.4. The molecular weight excluding hydrogens is 349 g/mol. The summed E-state index contributed by atoms with van der Waals surface area (Å²) in [5, 5.41) is 5.79. The summed E-state index contributed by atoms with van der Waals surface area (Å²) in [5.74, 6) is -0.195. The van der Waals surface area contributed by atoms with E-state index in [-0.39, 0.29) is 19.0 Å². The Morgan fingerprint density at radius 3 is 2.69 bits per heavy atom. The molecule has 1 aromatic carbocycles. The van der Waals surface area contributed by atoms with E-state index in [1.54, 1.807) is 13.2 Å². The van der Waals surface area contributed by atoms with Crippen molar-refractivity contribution in [2.24, 2.45) is 0 Å². The number of carbonyl (C=O) groups is 1. The molecule has 0 saturated carbocycles. The van der Waals surface area contributed by atoms with Crippen LogP contribution in [0.4, 0.5) is 13.2 Å². The van der Waals surface area contributed by atoms with Gasteiger partial charge < -0.3 is 20.1 Å². The first-order valence-corrected chi connectivity index (χ1v) is 8.59. The number of methoxy groups -OCH3 is 1. The molecule has 1 amide bonds. The minimum absolute atomic E-state index is 0.137. The number of halogens is 3. The predicted molar refractivity (Wildman–Crippen MR) is 90.9 cm³/mol. The van der Waals surface area contributed by atoms with Crippen molar-refractivity contribution in [1.82, 2.24) is 10.6 Å². The summed E-state index contributed by atoms with van der Waals surface area (Å²) in [7, 11) is 1.58. The second-order valence-electron chi connectivity index (χ2n) is 6.42. The molecule has 1 fully saturated rings. The third kappa shape index (κ3) is 5.69. The zero-order chi connectivity index (χ0) is 19.0. The van der Waals surface area contributed by atoms with Gasteiger partial charge in [-0.1, -0.05) is 18.2 Å². The van der Waals surface area contributed by atoms with E-state index in [4.69, 9.17) is 9.47 Å². The van der Waals surface area contributed by atoms with Crippen LogP contribution >= 0.6 is 0 Å². The molecule has 0 unspecified atom stereocenters. The molecule has 0 aromatic heterocycles. The summed E-state index contributed by atoms with van der Waals surface area (Å²) in [6.07, 6.45) is -3.27. The molecule has 1 aliphatic rings. The van der Waals surface area contributed by atoms with Crippen molar-refractivity contribution in [3.05, 3.63) is 35.4 Å². The van der Waals surface area contributed by atoms with Gasteiger partial charge in [0.25, 0.3) is 0 Å². The van der Waals surface area contributed by atoms with Gasteiger partial charge in [-0.15, -0.1) is 0 Å². The van der Waals surface area contributed by atoms with E-state index in [1.807, 2.05) is 0 Å². The number of alkyl halides is 3. The summed E-state index contributed by atoms with van der Waals surface area (Å²) in [5.41, 5.74) is -0.640. The Balaban J connectivity index is 2.07. The average Bonchev–Trinajstić information content (AvgIpc) is 2.64. The zero-order valence-corrected chi connectivity index (χ0v) is 14.8. The highest BCUT2D eigenvalue weighted by Crippen LogP contribution is 2.37. The molecule has 26 heavy (non-hydrogen) atoms. The number of nitrogens with one attached hydrogen (secondary N) is 2. The molecule has 0 aliphatic carbocycles. The lowest BCUT2D eigenvalue weighted by Crippen LogP contribution is -2.46. The van der Waals surface area contributed by atoms with Crippen LogP contribution in [0.15, 0.2) is 24.3 Å². The number of rotatable bonds is 8. The van der Waals surface area contributed by atoms with E-state index in [9.17, 15) is 18.0 Å². The molecule has 2 N–H and O–H groups in total. The minimum Gasteiger partial charge on any atom is -0.383 e. The van der Waals surface area contributed by atoms with Crippen LogP contribution in [-0.2, 0) is 25.9 Å². The normalized spacial score (nSPS) is 17.1. The number of amides is 1. The maximum Gasteiger partial charge on any atom is 0.416 e. The fourth-order valence-electron chi connectivity index (χ4n) is 3.06. The first kappa shape index (κ1) is 20.7. The lowest BCUT2D eigenvalue weighted by molar-refractivity contribution is -0.137. The van der Waals surface area contributed by atoms with E-state index in [1.165, 1.54) is 12.1 Å². The molecule has 1 heterocycles. The molecule has 5 nitrogen and oxygen atoms in total. The van der Waals surface area contributed by atoms with Gasteiger partial charge in [0.15, 0.2) is 0 Å². The lowest BCUT2D eigenvalue weighted by atomic mass is 9.73. The minimum atomic E-state index is -4.39. The summed E-state index contributed by atoms with van der Waals surface area (Å²) in [6.45, 7) is 2.38. The van der Waals surface area contributed by atoms with Crippen molar-refractivity contribution in [1.29, 1.82) is 0 Å². The van der Waals surface area contributed by atoms with Crippen LogP contribution in [0.2, 0.25) is 0 Å². The van der Waals surface area contributed by atoms with Crippen molar-refractivity contribution in [3.8, 4) is 0 Å². The topological polar surface area (TPSA) is 59.6 Å². The van der Waals surface area contributed by atoms with Crippen LogP contribution in [0.1, 0.15) is 24.0 Å². The zero-order valence-electron chi connectivity index (χ0n) is 14.8. The highest BCUT2D eigenvalue weighted by Gasteiger charge is 2.37. The number of hydrogen-bond acceptors (Lipinski definition) is 4. The predicted octanol–water partition coefficient (Wildman–Crippen LogP) is 2.11. The lowest BCUT2D eigenvalue weighted by Gasteiger charge is -2.38. The van der Waals surface area contributed by atoms with Crippen LogP contribution in [-0.4, -0.2) is 52.5 Å². The smallest absolute Gasteiger partial charge is 0.383 e. The van der Waals surface area contributed by atoms with Crippen molar-refractivity contribution < 1.29 is 27.4 Å². The second-order valence-corrected chi connectivity index (χ2v) is 6.42. The molecule has 1 saturated heterocycles. The molecule has 1 aromatic rings. The van der Waals surface area contributed by atoms with Gasteiger partial charge in [-0.3, -0.25) is 4.79 Å². The number of benzene rings is 1. The van der Waals surface area contributed by atoms with Gasteiger partial charge in [0, 0.05) is 38.8 Å². The average molecular weight is 374 g/mol. The Bertz CT molecular complexity index is 587. The van der Waals surface area contributed by atoms with E-state index in [0.717, 1.165) is 6.07 Å². The third-order valence-electron chi connectivity index (χ3n) is 4.64. The van der Waals surface area contributed by atoms with Crippen LogP contribution in [0.25, 0.3) is 0 Å².